The Kier molecular flexibility index (Phi) is 7.02. The van der Waals surface area contributed by atoms with Gasteiger partial charge in [0, 0.05) is 16.1 Å². The Bertz CT molecular complexity index is 345. The highest BCUT2D eigenvalue weighted by molar-refractivity contribution is 6.35. The molecule has 1 aromatic rings. The van der Waals surface area contributed by atoms with Crippen LogP contribution in [0.2, 0.25) is 10.0 Å². The average Bonchev–Trinajstić information content (AvgIpc) is 2.35. The van der Waals surface area contributed by atoms with Gasteiger partial charge in [-0.3, -0.25) is 0 Å². The van der Waals surface area contributed by atoms with Crippen molar-refractivity contribution in [2.75, 3.05) is 19.6 Å². The molecule has 1 rings (SSSR count). The van der Waals surface area contributed by atoms with Crippen LogP contribution in [0.1, 0.15) is 25.8 Å². The zero-order chi connectivity index (χ0) is 13.5. The van der Waals surface area contributed by atoms with Gasteiger partial charge in [0.05, 0.1) is 0 Å². The van der Waals surface area contributed by atoms with Crippen LogP contribution in [0, 0.1) is 0 Å². The number of nitrogens with two attached hydrogens (primary N) is 1. The molecular formula is C14H22Cl2N2. The van der Waals surface area contributed by atoms with Gasteiger partial charge < -0.3 is 10.6 Å². The molecule has 0 aliphatic heterocycles. The summed E-state index contributed by atoms with van der Waals surface area (Å²) >= 11 is 12.3. The third kappa shape index (κ3) is 4.77. The van der Waals surface area contributed by atoms with Gasteiger partial charge in [0.1, 0.15) is 0 Å². The summed E-state index contributed by atoms with van der Waals surface area (Å²) in [4.78, 5) is 2.37. The summed E-state index contributed by atoms with van der Waals surface area (Å²) in [5.74, 6) is 0. The van der Waals surface area contributed by atoms with Crippen LogP contribution in [0.15, 0.2) is 18.2 Å². The van der Waals surface area contributed by atoms with E-state index >= 15 is 0 Å². The van der Waals surface area contributed by atoms with E-state index in [1.54, 1.807) is 0 Å². The van der Waals surface area contributed by atoms with Crippen LogP contribution < -0.4 is 5.73 Å². The van der Waals surface area contributed by atoms with Crippen molar-refractivity contribution in [2.45, 2.75) is 32.7 Å². The highest BCUT2D eigenvalue weighted by Gasteiger charge is 2.11. The Labute approximate surface area is 120 Å². The lowest BCUT2D eigenvalue weighted by Crippen LogP contribution is -2.31. The second kappa shape index (κ2) is 8.00. The summed E-state index contributed by atoms with van der Waals surface area (Å²) in [5.41, 5.74) is 7.12. The first kappa shape index (κ1) is 15.8. The van der Waals surface area contributed by atoms with Crippen LogP contribution in [0.5, 0.6) is 0 Å². The smallest absolute Gasteiger partial charge is 0.0453 e. The number of hydrogen-bond acceptors (Lipinski definition) is 2. The zero-order valence-electron chi connectivity index (χ0n) is 11.1. The molecule has 1 atom stereocenters. The highest BCUT2D eigenvalue weighted by Crippen LogP contribution is 2.25. The van der Waals surface area contributed by atoms with Gasteiger partial charge in [-0.15, -0.1) is 0 Å². The fourth-order valence-electron chi connectivity index (χ4n) is 1.98. The maximum Gasteiger partial charge on any atom is 0.0453 e. The number of nitrogens with zero attached hydrogens (tertiary/aromatic N) is 1. The molecular weight excluding hydrogens is 267 g/mol. The summed E-state index contributed by atoms with van der Waals surface area (Å²) in [6.07, 6.45) is 1.70. The minimum absolute atomic E-state index is 0.1000. The highest BCUT2D eigenvalue weighted by atomic mass is 35.5. The molecule has 0 bridgehead atoms. The van der Waals surface area contributed by atoms with Crippen molar-refractivity contribution in [2.24, 2.45) is 5.73 Å². The van der Waals surface area contributed by atoms with Gasteiger partial charge >= 0.3 is 0 Å². The Morgan fingerprint density at radius 1 is 1.17 bits per heavy atom. The molecule has 0 amide bonds. The van der Waals surface area contributed by atoms with Gasteiger partial charge in [0.25, 0.3) is 0 Å². The normalized spacial score (nSPS) is 13.0. The van der Waals surface area contributed by atoms with Gasteiger partial charge in [-0.1, -0.05) is 43.1 Å². The van der Waals surface area contributed by atoms with Gasteiger partial charge in [-0.05, 0) is 50.2 Å². The fourth-order valence-corrected chi connectivity index (χ4v) is 2.53. The van der Waals surface area contributed by atoms with Crippen molar-refractivity contribution in [3.05, 3.63) is 33.8 Å². The van der Waals surface area contributed by atoms with E-state index in [-0.39, 0.29) is 6.04 Å². The second-order valence-corrected chi connectivity index (χ2v) is 5.29. The SMILES string of the molecule is CCN(CC)CCC(N)Cc1c(Cl)cccc1Cl. The molecule has 1 aromatic carbocycles. The lowest BCUT2D eigenvalue weighted by molar-refractivity contribution is 0.290. The Balaban J connectivity index is 2.52. The molecule has 0 heterocycles. The van der Waals surface area contributed by atoms with E-state index in [9.17, 15) is 0 Å². The third-order valence-electron chi connectivity index (χ3n) is 3.24. The van der Waals surface area contributed by atoms with Gasteiger partial charge in [-0.25, -0.2) is 0 Å². The van der Waals surface area contributed by atoms with Crippen LogP contribution in [0.25, 0.3) is 0 Å². The van der Waals surface area contributed by atoms with Crippen molar-refractivity contribution in [1.82, 2.24) is 4.90 Å². The first-order valence-corrected chi connectivity index (χ1v) is 7.24. The molecule has 2 N–H and O–H groups in total. The number of hydrogen-bond donors (Lipinski definition) is 1. The molecule has 0 fully saturated rings. The molecule has 0 radical (unpaired) electrons. The first-order valence-electron chi connectivity index (χ1n) is 6.49. The average molecular weight is 289 g/mol. The molecule has 2 nitrogen and oxygen atoms in total. The minimum atomic E-state index is 0.1000. The Hall–Kier alpha value is -0.280. The molecule has 0 aliphatic rings. The summed E-state index contributed by atoms with van der Waals surface area (Å²) in [6, 6.07) is 5.68. The largest absolute Gasteiger partial charge is 0.327 e. The van der Waals surface area contributed by atoms with E-state index in [1.165, 1.54) is 0 Å². The minimum Gasteiger partial charge on any atom is -0.327 e. The third-order valence-corrected chi connectivity index (χ3v) is 3.95. The van der Waals surface area contributed by atoms with Gasteiger partial charge in [0.15, 0.2) is 0 Å². The van der Waals surface area contributed by atoms with Crippen LogP contribution in [-0.2, 0) is 6.42 Å². The standard InChI is InChI=1S/C14H22Cl2N2/c1-3-18(4-2)9-8-11(17)10-12-13(15)6-5-7-14(12)16/h5-7,11H,3-4,8-10,17H2,1-2H3. The van der Waals surface area contributed by atoms with Crippen molar-refractivity contribution in [3.8, 4) is 0 Å². The fraction of sp³-hybridized carbons (Fsp3) is 0.571. The summed E-state index contributed by atoms with van der Waals surface area (Å²) in [6.45, 7) is 7.49. The topological polar surface area (TPSA) is 29.3 Å². The summed E-state index contributed by atoms with van der Waals surface area (Å²) in [5, 5.41) is 1.42. The van der Waals surface area contributed by atoms with Crippen molar-refractivity contribution in [3.63, 3.8) is 0 Å². The summed E-state index contributed by atoms with van der Waals surface area (Å²) < 4.78 is 0. The molecule has 0 spiro atoms. The lowest BCUT2D eigenvalue weighted by atomic mass is 10.0. The molecule has 0 aliphatic carbocycles. The molecule has 4 heteroatoms. The van der Waals surface area contributed by atoms with Crippen LogP contribution in [-0.4, -0.2) is 30.6 Å². The summed E-state index contributed by atoms with van der Waals surface area (Å²) in [7, 11) is 0. The maximum absolute atomic E-state index is 6.16. The molecule has 0 aromatic heterocycles. The van der Waals surface area contributed by atoms with Gasteiger partial charge in [-0.2, -0.15) is 0 Å². The second-order valence-electron chi connectivity index (χ2n) is 4.48. The Morgan fingerprint density at radius 2 is 1.72 bits per heavy atom. The quantitative estimate of drug-likeness (QED) is 0.831. The van der Waals surface area contributed by atoms with E-state index in [4.69, 9.17) is 28.9 Å². The van der Waals surface area contributed by atoms with Crippen LogP contribution >= 0.6 is 23.2 Å². The van der Waals surface area contributed by atoms with E-state index in [1.807, 2.05) is 18.2 Å². The van der Waals surface area contributed by atoms with Gasteiger partial charge in [0.2, 0.25) is 0 Å². The molecule has 0 saturated carbocycles. The maximum atomic E-state index is 6.16. The zero-order valence-corrected chi connectivity index (χ0v) is 12.6. The van der Waals surface area contributed by atoms with Crippen LogP contribution in [0.4, 0.5) is 0 Å². The van der Waals surface area contributed by atoms with Crippen molar-refractivity contribution >= 4 is 23.2 Å². The number of benzene rings is 1. The predicted molar refractivity (Wildman–Crippen MR) is 80.5 cm³/mol. The molecule has 0 saturated heterocycles. The first-order chi connectivity index (χ1) is 8.58. The monoisotopic (exact) mass is 288 g/mol. The molecule has 1 unspecified atom stereocenters. The number of rotatable bonds is 7. The van der Waals surface area contributed by atoms with E-state index in [0.29, 0.717) is 10.0 Å². The van der Waals surface area contributed by atoms with Crippen molar-refractivity contribution in [1.29, 1.82) is 0 Å². The van der Waals surface area contributed by atoms with E-state index in [0.717, 1.165) is 38.0 Å². The van der Waals surface area contributed by atoms with Crippen molar-refractivity contribution < 1.29 is 0 Å². The number of halogens is 2. The van der Waals surface area contributed by atoms with E-state index in [2.05, 4.69) is 18.7 Å². The predicted octanol–water partition coefficient (Wildman–Crippen LogP) is 3.60. The molecule has 102 valence electrons. The molecule has 18 heavy (non-hydrogen) atoms. The van der Waals surface area contributed by atoms with E-state index < -0.39 is 0 Å². The Morgan fingerprint density at radius 3 is 2.22 bits per heavy atom. The lowest BCUT2D eigenvalue weighted by Gasteiger charge is -2.21. The van der Waals surface area contributed by atoms with Crippen LogP contribution in [0.3, 0.4) is 0 Å².